The smallest absolute Gasteiger partial charge is 0.128 e. The molecule has 1 unspecified atom stereocenters. The van der Waals surface area contributed by atoms with Gasteiger partial charge in [0.15, 0.2) is 0 Å². The fourth-order valence-electron chi connectivity index (χ4n) is 2.47. The summed E-state index contributed by atoms with van der Waals surface area (Å²) in [5, 5.41) is 0. The number of nitrogens with zero attached hydrogens (tertiary/aromatic N) is 1. The highest BCUT2D eigenvalue weighted by atomic mass is 19.1. The van der Waals surface area contributed by atoms with E-state index in [4.69, 9.17) is 0 Å². The summed E-state index contributed by atoms with van der Waals surface area (Å²) >= 11 is 0. The zero-order valence-corrected chi connectivity index (χ0v) is 9.84. The highest BCUT2D eigenvalue weighted by molar-refractivity contribution is 5.59. The maximum atomic E-state index is 13.6. The minimum absolute atomic E-state index is 0.0638. The van der Waals surface area contributed by atoms with Crippen molar-refractivity contribution >= 4 is 5.69 Å². The summed E-state index contributed by atoms with van der Waals surface area (Å²) in [4.78, 5) is 2.21. The van der Waals surface area contributed by atoms with Crippen LogP contribution in [0.25, 0.3) is 0 Å². The summed E-state index contributed by atoms with van der Waals surface area (Å²) in [5.41, 5.74) is 2.11. The van der Waals surface area contributed by atoms with E-state index in [0.29, 0.717) is 6.04 Å². The van der Waals surface area contributed by atoms with Gasteiger partial charge in [-0.15, -0.1) is 0 Å². The molecule has 2 heteroatoms. The van der Waals surface area contributed by atoms with Gasteiger partial charge in [0.05, 0.1) is 0 Å². The topological polar surface area (TPSA) is 3.24 Å². The second-order valence-corrected chi connectivity index (χ2v) is 5.43. The molecule has 1 aromatic rings. The van der Waals surface area contributed by atoms with Gasteiger partial charge >= 0.3 is 0 Å². The molecule has 0 aliphatic carbocycles. The lowest BCUT2D eigenvalue weighted by molar-refractivity contribution is 0.319. The van der Waals surface area contributed by atoms with Crippen molar-refractivity contribution in [3.05, 3.63) is 29.6 Å². The zero-order chi connectivity index (χ0) is 11.2. The first-order valence-electron chi connectivity index (χ1n) is 5.41. The molecule has 0 aromatic heterocycles. The average molecular weight is 207 g/mol. The Morgan fingerprint density at radius 1 is 1.33 bits per heavy atom. The minimum atomic E-state index is -0.0638. The molecule has 15 heavy (non-hydrogen) atoms. The quantitative estimate of drug-likeness (QED) is 0.631. The number of anilines is 1. The molecule has 82 valence electrons. The van der Waals surface area contributed by atoms with Crippen LogP contribution in [-0.4, -0.2) is 13.1 Å². The van der Waals surface area contributed by atoms with Crippen LogP contribution >= 0.6 is 0 Å². The lowest BCUT2D eigenvalue weighted by Gasteiger charge is -2.34. The monoisotopic (exact) mass is 207 g/mol. The molecule has 0 radical (unpaired) electrons. The fourth-order valence-corrected chi connectivity index (χ4v) is 2.47. The van der Waals surface area contributed by atoms with Crippen molar-refractivity contribution in [2.24, 2.45) is 5.41 Å². The van der Waals surface area contributed by atoms with Crippen LogP contribution in [0.2, 0.25) is 0 Å². The minimum Gasteiger partial charge on any atom is -0.370 e. The molecule has 0 spiro atoms. The van der Waals surface area contributed by atoms with Crippen molar-refractivity contribution in [1.82, 2.24) is 0 Å². The number of rotatable bonds is 0. The van der Waals surface area contributed by atoms with E-state index in [-0.39, 0.29) is 11.2 Å². The van der Waals surface area contributed by atoms with Gasteiger partial charge in [-0.05, 0) is 24.0 Å². The van der Waals surface area contributed by atoms with Crippen LogP contribution in [0.15, 0.2) is 18.2 Å². The Morgan fingerprint density at radius 2 is 2.00 bits per heavy atom. The van der Waals surface area contributed by atoms with Gasteiger partial charge in [0.25, 0.3) is 0 Å². The lowest BCUT2D eigenvalue weighted by Crippen LogP contribution is -2.39. The molecule has 0 fully saturated rings. The summed E-state index contributed by atoms with van der Waals surface area (Å²) in [6.07, 6.45) is 0.821. The van der Waals surface area contributed by atoms with Crippen LogP contribution in [0.3, 0.4) is 0 Å². The average Bonchev–Trinajstić information content (AvgIpc) is 2.45. The molecule has 0 bridgehead atoms. The Balaban J connectivity index is 2.42. The van der Waals surface area contributed by atoms with Crippen molar-refractivity contribution < 1.29 is 4.39 Å². The summed E-state index contributed by atoms with van der Waals surface area (Å²) in [6, 6.07) is 5.74. The molecule has 1 heterocycles. The van der Waals surface area contributed by atoms with Crippen LogP contribution in [0.4, 0.5) is 10.1 Å². The van der Waals surface area contributed by atoms with E-state index in [0.717, 1.165) is 17.7 Å². The van der Waals surface area contributed by atoms with Gasteiger partial charge in [-0.25, -0.2) is 4.39 Å². The Morgan fingerprint density at radius 3 is 2.53 bits per heavy atom. The van der Waals surface area contributed by atoms with Gasteiger partial charge < -0.3 is 4.90 Å². The largest absolute Gasteiger partial charge is 0.370 e. The van der Waals surface area contributed by atoms with E-state index < -0.39 is 0 Å². The third-order valence-electron chi connectivity index (χ3n) is 3.34. The normalized spacial score (nSPS) is 20.6. The SMILES string of the molecule is CN1c2cccc(F)c2CC1C(C)(C)C. The molecule has 1 aromatic carbocycles. The van der Waals surface area contributed by atoms with Crippen molar-refractivity contribution in [3.63, 3.8) is 0 Å². The van der Waals surface area contributed by atoms with Crippen molar-refractivity contribution in [1.29, 1.82) is 0 Å². The Bertz CT molecular complexity index is 379. The van der Waals surface area contributed by atoms with Gasteiger partial charge in [-0.2, -0.15) is 0 Å². The van der Waals surface area contributed by atoms with Crippen LogP contribution in [0, 0.1) is 11.2 Å². The number of benzene rings is 1. The van der Waals surface area contributed by atoms with Gasteiger partial charge in [-0.3, -0.25) is 0 Å². The van der Waals surface area contributed by atoms with Crippen molar-refractivity contribution in [3.8, 4) is 0 Å². The number of fused-ring (bicyclic) bond motifs is 1. The second-order valence-electron chi connectivity index (χ2n) is 5.43. The first kappa shape index (κ1) is 10.5. The van der Waals surface area contributed by atoms with E-state index in [9.17, 15) is 4.39 Å². The summed E-state index contributed by atoms with van der Waals surface area (Å²) in [6.45, 7) is 6.62. The van der Waals surface area contributed by atoms with E-state index in [1.807, 2.05) is 6.07 Å². The predicted molar refractivity (Wildman–Crippen MR) is 61.8 cm³/mol. The molecular formula is C13H18FN. The van der Waals surface area contributed by atoms with E-state index in [1.165, 1.54) is 0 Å². The molecule has 1 aliphatic heterocycles. The Labute approximate surface area is 90.9 Å². The van der Waals surface area contributed by atoms with Crippen LogP contribution in [0.1, 0.15) is 26.3 Å². The maximum absolute atomic E-state index is 13.6. The van der Waals surface area contributed by atoms with Gasteiger partial charge in [0.1, 0.15) is 5.82 Å². The third-order valence-corrected chi connectivity index (χ3v) is 3.34. The molecule has 0 amide bonds. The molecule has 2 rings (SSSR count). The molecule has 0 saturated heterocycles. The Kier molecular flexibility index (Phi) is 2.25. The number of halogens is 1. The van der Waals surface area contributed by atoms with Crippen LogP contribution in [-0.2, 0) is 6.42 Å². The summed E-state index contributed by atoms with van der Waals surface area (Å²) in [7, 11) is 2.06. The molecule has 1 nitrogen and oxygen atoms in total. The molecule has 0 N–H and O–H groups in total. The van der Waals surface area contributed by atoms with Crippen molar-refractivity contribution in [2.75, 3.05) is 11.9 Å². The van der Waals surface area contributed by atoms with Gasteiger partial charge in [-0.1, -0.05) is 26.8 Å². The predicted octanol–water partition coefficient (Wildman–Crippen LogP) is 3.23. The zero-order valence-electron chi connectivity index (χ0n) is 9.84. The van der Waals surface area contributed by atoms with E-state index in [2.05, 4.69) is 32.7 Å². The standard InChI is InChI=1S/C13H18FN/c1-13(2,3)12-8-9-10(14)6-5-7-11(9)15(12)4/h5-7,12H,8H2,1-4H3. The number of hydrogen-bond acceptors (Lipinski definition) is 1. The first-order valence-corrected chi connectivity index (χ1v) is 5.41. The van der Waals surface area contributed by atoms with Crippen LogP contribution in [0.5, 0.6) is 0 Å². The highest BCUT2D eigenvalue weighted by Crippen LogP contribution is 2.39. The molecular weight excluding hydrogens is 189 g/mol. The fraction of sp³-hybridized carbons (Fsp3) is 0.538. The van der Waals surface area contributed by atoms with Crippen molar-refractivity contribution in [2.45, 2.75) is 33.2 Å². The summed E-state index contributed by atoms with van der Waals surface area (Å²) < 4.78 is 13.6. The van der Waals surface area contributed by atoms with E-state index >= 15 is 0 Å². The first-order chi connectivity index (χ1) is 6.91. The molecule has 0 saturated carbocycles. The van der Waals surface area contributed by atoms with Gasteiger partial charge in [0.2, 0.25) is 0 Å². The van der Waals surface area contributed by atoms with Gasteiger partial charge in [0, 0.05) is 24.3 Å². The maximum Gasteiger partial charge on any atom is 0.128 e. The molecule has 1 aliphatic rings. The number of hydrogen-bond donors (Lipinski definition) is 0. The lowest BCUT2D eigenvalue weighted by atomic mass is 9.84. The number of likely N-dealkylation sites (N-methyl/N-ethyl adjacent to an activating group) is 1. The van der Waals surface area contributed by atoms with E-state index in [1.54, 1.807) is 12.1 Å². The van der Waals surface area contributed by atoms with Crippen LogP contribution < -0.4 is 4.90 Å². The summed E-state index contributed by atoms with van der Waals surface area (Å²) in [5.74, 6) is -0.0638. The molecule has 1 atom stereocenters. The second kappa shape index (κ2) is 3.22. The Hall–Kier alpha value is -1.05. The third kappa shape index (κ3) is 1.62. The highest BCUT2D eigenvalue weighted by Gasteiger charge is 2.36.